The summed E-state index contributed by atoms with van der Waals surface area (Å²) in [5.41, 5.74) is 2.32. The highest BCUT2D eigenvalue weighted by Crippen LogP contribution is 2.21. The van der Waals surface area contributed by atoms with Gasteiger partial charge in [-0.25, -0.2) is 4.98 Å². The minimum Gasteiger partial charge on any atom is -0.315 e. The van der Waals surface area contributed by atoms with Crippen LogP contribution in [0, 0.1) is 6.92 Å². The van der Waals surface area contributed by atoms with Crippen LogP contribution in [0.4, 0.5) is 4.39 Å². The largest absolute Gasteiger partial charge is 0.315 e. The molecule has 3 aromatic rings. The van der Waals surface area contributed by atoms with E-state index in [1.54, 1.807) is 24.4 Å². The van der Waals surface area contributed by atoms with E-state index in [4.69, 9.17) is 11.6 Å². The summed E-state index contributed by atoms with van der Waals surface area (Å²) in [6, 6.07) is 8.90. The zero-order chi connectivity index (χ0) is 16.4. The Morgan fingerprint density at radius 2 is 1.96 bits per heavy atom. The second-order valence-electron chi connectivity index (χ2n) is 5.47. The molecule has 23 heavy (non-hydrogen) atoms. The highest BCUT2D eigenvalue weighted by Gasteiger charge is 2.11. The molecule has 0 aliphatic carbocycles. The second kappa shape index (κ2) is 6.54. The fraction of sp³-hybridized carbons (Fsp3) is 0.294. The van der Waals surface area contributed by atoms with Gasteiger partial charge in [-0.2, -0.15) is 0 Å². The summed E-state index contributed by atoms with van der Waals surface area (Å²) >= 11 is 5.91. The summed E-state index contributed by atoms with van der Waals surface area (Å²) in [5.74, 6) is 0.582. The molecule has 0 amide bonds. The number of unbranched alkanes of at least 4 members (excludes halogenated alkanes) is 1. The van der Waals surface area contributed by atoms with Crippen molar-refractivity contribution in [2.24, 2.45) is 0 Å². The first-order valence-corrected chi connectivity index (χ1v) is 7.89. The van der Waals surface area contributed by atoms with Crippen molar-refractivity contribution in [3.8, 4) is 11.3 Å². The number of imidazole rings is 1. The Labute approximate surface area is 138 Å². The van der Waals surface area contributed by atoms with Gasteiger partial charge in [0, 0.05) is 35.1 Å². The number of benzene rings is 1. The molecule has 0 radical (unpaired) electrons. The van der Waals surface area contributed by atoms with Gasteiger partial charge in [-0.1, -0.05) is 23.7 Å². The molecule has 3 rings (SSSR count). The normalized spacial score (nSPS) is 11.3. The predicted octanol–water partition coefficient (Wildman–Crippen LogP) is 3.87. The molecule has 120 valence electrons. The number of aryl methyl sites for hydroxylation is 2. The first kappa shape index (κ1) is 15.7. The summed E-state index contributed by atoms with van der Waals surface area (Å²) in [5, 5.41) is 0.652. The number of hydrogen-bond acceptors (Lipinski definition) is 2. The van der Waals surface area contributed by atoms with Gasteiger partial charge in [0.25, 0.3) is 5.56 Å². The molecule has 0 aliphatic rings. The van der Waals surface area contributed by atoms with E-state index in [2.05, 4.69) is 4.98 Å². The van der Waals surface area contributed by atoms with Crippen LogP contribution in [0.1, 0.15) is 18.5 Å². The molecular weight excluding hydrogens is 317 g/mol. The summed E-state index contributed by atoms with van der Waals surface area (Å²) in [6.07, 6.45) is 2.94. The number of nitrogens with zero attached hydrogens (tertiary/aromatic N) is 3. The fourth-order valence-electron chi connectivity index (χ4n) is 2.61. The van der Waals surface area contributed by atoms with Gasteiger partial charge in [0.2, 0.25) is 5.78 Å². The molecule has 2 heterocycles. The van der Waals surface area contributed by atoms with Crippen LogP contribution in [-0.2, 0) is 6.54 Å². The van der Waals surface area contributed by atoms with Crippen molar-refractivity contribution in [2.45, 2.75) is 26.3 Å². The summed E-state index contributed by atoms with van der Waals surface area (Å²) in [6.45, 7) is 2.17. The SMILES string of the molecule is Cc1cc(=O)n2cc(-c3ccc(Cl)cc3)nc2n1CCCCF. The van der Waals surface area contributed by atoms with Crippen LogP contribution in [0.15, 0.2) is 41.3 Å². The van der Waals surface area contributed by atoms with Gasteiger partial charge in [-0.05, 0) is 31.9 Å². The zero-order valence-corrected chi connectivity index (χ0v) is 13.6. The number of hydrogen-bond donors (Lipinski definition) is 0. The molecule has 0 aliphatic heterocycles. The molecule has 0 saturated heterocycles. The predicted molar refractivity (Wildman–Crippen MR) is 89.8 cm³/mol. The molecule has 2 aromatic heterocycles. The van der Waals surface area contributed by atoms with Crippen molar-refractivity contribution >= 4 is 17.4 Å². The van der Waals surface area contributed by atoms with Crippen molar-refractivity contribution in [2.75, 3.05) is 6.67 Å². The van der Waals surface area contributed by atoms with Gasteiger partial charge in [-0.3, -0.25) is 13.6 Å². The average Bonchev–Trinajstić information content (AvgIpc) is 2.97. The molecular formula is C17H17ClFN3O. The topological polar surface area (TPSA) is 39.3 Å². The Hall–Kier alpha value is -2.14. The van der Waals surface area contributed by atoms with E-state index in [1.165, 1.54) is 4.40 Å². The minimum atomic E-state index is -0.333. The lowest BCUT2D eigenvalue weighted by atomic mass is 10.2. The van der Waals surface area contributed by atoms with Gasteiger partial charge < -0.3 is 4.57 Å². The van der Waals surface area contributed by atoms with Gasteiger partial charge in [-0.15, -0.1) is 0 Å². The fourth-order valence-corrected chi connectivity index (χ4v) is 2.73. The third kappa shape index (κ3) is 3.15. The number of alkyl halides is 1. The number of halogens is 2. The molecule has 6 heteroatoms. The lowest BCUT2D eigenvalue weighted by Crippen LogP contribution is -2.18. The Bertz CT molecular complexity index is 883. The summed E-state index contributed by atoms with van der Waals surface area (Å²) in [7, 11) is 0. The van der Waals surface area contributed by atoms with E-state index in [0.717, 1.165) is 11.3 Å². The first-order chi connectivity index (χ1) is 11.1. The maximum Gasteiger partial charge on any atom is 0.259 e. The molecule has 1 aromatic carbocycles. The van der Waals surface area contributed by atoms with E-state index >= 15 is 0 Å². The van der Waals surface area contributed by atoms with Crippen LogP contribution in [0.3, 0.4) is 0 Å². The Morgan fingerprint density at radius 1 is 1.22 bits per heavy atom. The Kier molecular flexibility index (Phi) is 4.48. The monoisotopic (exact) mass is 333 g/mol. The molecule has 0 atom stereocenters. The number of rotatable bonds is 5. The van der Waals surface area contributed by atoms with Gasteiger partial charge in [0.15, 0.2) is 0 Å². The summed E-state index contributed by atoms with van der Waals surface area (Å²) in [4.78, 5) is 16.8. The summed E-state index contributed by atoms with van der Waals surface area (Å²) < 4.78 is 15.8. The van der Waals surface area contributed by atoms with Crippen LogP contribution in [-0.4, -0.2) is 20.6 Å². The third-order valence-corrected chi connectivity index (χ3v) is 4.08. The van der Waals surface area contributed by atoms with E-state index in [-0.39, 0.29) is 12.2 Å². The Morgan fingerprint density at radius 3 is 2.65 bits per heavy atom. The third-order valence-electron chi connectivity index (χ3n) is 3.83. The lowest BCUT2D eigenvalue weighted by molar-refractivity contribution is 0.446. The Balaban J connectivity index is 2.10. The van der Waals surface area contributed by atoms with E-state index in [0.29, 0.717) is 35.9 Å². The second-order valence-corrected chi connectivity index (χ2v) is 5.91. The molecule has 0 bridgehead atoms. The standard InChI is InChI=1S/C17H17ClFN3O/c1-12-10-16(23)22-11-15(13-4-6-14(18)7-5-13)20-17(22)21(12)9-3-2-8-19/h4-7,10-11H,2-3,8-9H2,1H3. The zero-order valence-electron chi connectivity index (χ0n) is 12.8. The van der Waals surface area contributed by atoms with E-state index in [9.17, 15) is 9.18 Å². The smallest absolute Gasteiger partial charge is 0.259 e. The van der Waals surface area contributed by atoms with E-state index in [1.807, 2.05) is 23.6 Å². The van der Waals surface area contributed by atoms with Crippen LogP contribution in [0.25, 0.3) is 17.0 Å². The van der Waals surface area contributed by atoms with Crippen LogP contribution in [0.5, 0.6) is 0 Å². The number of aromatic nitrogens is 3. The molecule has 4 nitrogen and oxygen atoms in total. The van der Waals surface area contributed by atoms with Crippen molar-refractivity contribution < 1.29 is 4.39 Å². The molecule has 0 fully saturated rings. The average molecular weight is 334 g/mol. The van der Waals surface area contributed by atoms with Crippen molar-refractivity contribution in [3.05, 3.63) is 57.6 Å². The highest BCUT2D eigenvalue weighted by molar-refractivity contribution is 6.30. The van der Waals surface area contributed by atoms with Gasteiger partial charge in [0.05, 0.1) is 12.4 Å². The highest BCUT2D eigenvalue weighted by atomic mass is 35.5. The van der Waals surface area contributed by atoms with Crippen LogP contribution >= 0.6 is 11.6 Å². The molecule has 0 saturated carbocycles. The number of fused-ring (bicyclic) bond motifs is 1. The molecule has 0 unspecified atom stereocenters. The van der Waals surface area contributed by atoms with Crippen molar-refractivity contribution in [1.29, 1.82) is 0 Å². The molecule has 0 spiro atoms. The van der Waals surface area contributed by atoms with Crippen LogP contribution in [0.2, 0.25) is 5.02 Å². The quantitative estimate of drug-likeness (QED) is 0.665. The lowest BCUT2D eigenvalue weighted by Gasteiger charge is -2.11. The maximum absolute atomic E-state index is 12.3. The van der Waals surface area contributed by atoms with Gasteiger partial charge in [0.1, 0.15) is 0 Å². The van der Waals surface area contributed by atoms with Gasteiger partial charge >= 0.3 is 0 Å². The first-order valence-electron chi connectivity index (χ1n) is 7.51. The van der Waals surface area contributed by atoms with Crippen molar-refractivity contribution in [1.82, 2.24) is 14.0 Å². The minimum absolute atomic E-state index is 0.119. The maximum atomic E-state index is 12.3. The van der Waals surface area contributed by atoms with E-state index < -0.39 is 0 Å². The van der Waals surface area contributed by atoms with Crippen LogP contribution < -0.4 is 5.56 Å². The van der Waals surface area contributed by atoms with Crippen molar-refractivity contribution in [3.63, 3.8) is 0 Å². The molecule has 0 N–H and O–H groups in total.